The molecule has 0 aliphatic carbocycles. The Morgan fingerprint density at radius 1 is 1.83 bits per heavy atom. The van der Waals surface area contributed by atoms with Crippen molar-refractivity contribution in [2.24, 2.45) is 5.21 Å². The zero-order valence-corrected chi connectivity index (χ0v) is 2.65. The minimum Gasteiger partial charge on any atom is -0.188 e. The SMILES string of the molecule is N#C/C(F)=N\F. The predicted octanol–water partition coefficient (Wildman–Crippen LogP) is 0.762. The Balaban J connectivity index is 3.61. The van der Waals surface area contributed by atoms with E-state index in [2.05, 4.69) is 0 Å². The predicted molar refractivity (Wildman–Crippen MR) is 15.3 cm³/mol. The maximum absolute atomic E-state index is 10.9. The van der Waals surface area contributed by atoms with E-state index in [-0.39, 0.29) is 0 Å². The Kier molecular flexibility index (Phi) is 1.90. The van der Waals surface area contributed by atoms with E-state index in [0.29, 0.717) is 0 Å². The average Bonchev–Trinajstić information content (AvgIpc) is 1.65. The lowest BCUT2D eigenvalue weighted by molar-refractivity contribution is 0.521. The molecule has 6 heavy (non-hydrogen) atoms. The van der Waals surface area contributed by atoms with Crippen LogP contribution in [-0.2, 0) is 0 Å². The van der Waals surface area contributed by atoms with E-state index in [1.807, 2.05) is 0 Å². The van der Waals surface area contributed by atoms with Gasteiger partial charge in [-0.25, -0.2) is 0 Å². The van der Waals surface area contributed by atoms with Crippen LogP contribution in [0, 0.1) is 11.3 Å². The molecular formula is C2F2N2. The van der Waals surface area contributed by atoms with E-state index in [0.717, 1.165) is 6.07 Å². The summed E-state index contributed by atoms with van der Waals surface area (Å²) in [5, 5.41) is 8.73. The molecule has 0 rings (SSSR count). The fraction of sp³-hybridized carbons (Fsp3) is 0. The molecule has 32 valence electrons. The lowest BCUT2D eigenvalue weighted by Gasteiger charge is -1.60. The van der Waals surface area contributed by atoms with E-state index in [1.54, 1.807) is 0 Å². The van der Waals surface area contributed by atoms with Crippen LogP contribution in [0.15, 0.2) is 5.21 Å². The fourth-order valence-electron chi connectivity index (χ4n) is 0.0189. The largest absolute Gasteiger partial charge is 0.319 e. The molecule has 0 aromatic rings. The molecule has 0 bridgehead atoms. The van der Waals surface area contributed by atoms with Gasteiger partial charge in [0.15, 0.2) is 6.07 Å². The van der Waals surface area contributed by atoms with E-state index >= 15 is 0 Å². The van der Waals surface area contributed by atoms with Gasteiger partial charge in [-0.1, -0.05) is 4.48 Å². The maximum atomic E-state index is 10.9. The number of nitrogens with zero attached hydrogens (tertiary/aromatic N) is 2. The van der Waals surface area contributed by atoms with Crippen LogP contribution in [0.1, 0.15) is 0 Å². The molecule has 0 N–H and O–H groups in total. The second kappa shape index (κ2) is 2.27. The summed E-state index contributed by atoms with van der Waals surface area (Å²) in [5.74, 6) is -1.64. The van der Waals surface area contributed by atoms with Crippen LogP contribution in [0.4, 0.5) is 8.87 Å². The monoisotopic (exact) mass is 90.0 g/mol. The Morgan fingerprint density at radius 2 is 2.33 bits per heavy atom. The molecule has 0 aliphatic heterocycles. The molecule has 4 heteroatoms. The van der Waals surface area contributed by atoms with Crippen LogP contribution < -0.4 is 0 Å². The van der Waals surface area contributed by atoms with Gasteiger partial charge in [-0.05, 0) is 5.21 Å². The molecule has 0 heterocycles. The summed E-state index contributed by atoms with van der Waals surface area (Å²) in [4.78, 5) is 0. The third-order valence-corrected chi connectivity index (χ3v) is 0.166. The van der Waals surface area contributed by atoms with Crippen LogP contribution in [0.5, 0.6) is 0 Å². The number of halogens is 2. The minimum absolute atomic E-state index is 0.823. The molecule has 0 unspecified atom stereocenters. The summed E-state index contributed by atoms with van der Waals surface area (Å²) >= 11 is 0. The van der Waals surface area contributed by atoms with Crippen molar-refractivity contribution in [1.82, 2.24) is 0 Å². The first-order valence-corrected chi connectivity index (χ1v) is 1.06. The Morgan fingerprint density at radius 3 is 2.33 bits per heavy atom. The standard InChI is InChI=1S/C2F2N2/c3-2(1-5)6-4/b6-2+. The zero-order valence-electron chi connectivity index (χ0n) is 2.65. The van der Waals surface area contributed by atoms with Crippen LogP contribution >= 0.6 is 0 Å². The van der Waals surface area contributed by atoms with Gasteiger partial charge < -0.3 is 0 Å². The molecule has 0 saturated carbocycles. The first kappa shape index (κ1) is 5.02. The first-order valence-electron chi connectivity index (χ1n) is 1.06. The average molecular weight is 90.0 g/mol. The van der Waals surface area contributed by atoms with E-state index < -0.39 is 5.97 Å². The van der Waals surface area contributed by atoms with Crippen molar-refractivity contribution in [2.75, 3.05) is 0 Å². The van der Waals surface area contributed by atoms with Crippen molar-refractivity contribution in [2.45, 2.75) is 0 Å². The van der Waals surface area contributed by atoms with Crippen LogP contribution in [0.2, 0.25) is 0 Å². The molecule has 0 atom stereocenters. The van der Waals surface area contributed by atoms with Crippen molar-refractivity contribution >= 4 is 5.97 Å². The summed E-state index contributed by atoms with van der Waals surface area (Å²) in [6.45, 7) is 0. The van der Waals surface area contributed by atoms with Crippen molar-refractivity contribution in [3.05, 3.63) is 0 Å². The lowest BCUT2D eigenvalue weighted by atomic mass is 10.8. The summed E-state index contributed by atoms with van der Waals surface area (Å²) in [6.07, 6.45) is 0. The highest BCUT2D eigenvalue weighted by atomic mass is 19.2. The smallest absolute Gasteiger partial charge is 0.188 e. The molecule has 2 nitrogen and oxygen atoms in total. The fourth-order valence-corrected chi connectivity index (χ4v) is 0.0189. The Bertz CT molecular complexity index is 101. The van der Waals surface area contributed by atoms with Gasteiger partial charge in [0, 0.05) is 0 Å². The van der Waals surface area contributed by atoms with E-state index in [1.165, 1.54) is 5.21 Å². The molecule has 0 aromatic heterocycles. The quantitative estimate of drug-likeness (QED) is 0.404. The topological polar surface area (TPSA) is 36.1 Å². The molecule has 0 amide bonds. The number of hydrogen-bond acceptors (Lipinski definition) is 2. The second-order valence-corrected chi connectivity index (χ2v) is 0.487. The number of rotatable bonds is 0. The van der Waals surface area contributed by atoms with Gasteiger partial charge in [-0.3, -0.25) is 0 Å². The summed E-state index contributed by atoms with van der Waals surface area (Å²) < 4.78 is 21.3. The molecule has 0 spiro atoms. The Hall–Kier alpha value is -0.980. The van der Waals surface area contributed by atoms with Gasteiger partial charge >= 0.3 is 5.97 Å². The lowest BCUT2D eigenvalue weighted by Crippen LogP contribution is -1.73. The van der Waals surface area contributed by atoms with Crippen LogP contribution in [0.3, 0.4) is 0 Å². The first-order chi connectivity index (χ1) is 2.81. The zero-order chi connectivity index (χ0) is 4.99. The van der Waals surface area contributed by atoms with Crippen molar-refractivity contribution in [3.8, 4) is 6.07 Å². The number of nitriles is 1. The third-order valence-electron chi connectivity index (χ3n) is 0.166. The normalized spacial score (nSPS) is 10.5. The molecule has 0 saturated heterocycles. The highest BCUT2D eigenvalue weighted by molar-refractivity contribution is 5.89. The highest BCUT2D eigenvalue weighted by Gasteiger charge is 1.84. The van der Waals surface area contributed by atoms with Crippen molar-refractivity contribution in [3.63, 3.8) is 0 Å². The van der Waals surface area contributed by atoms with Gasteiger partial charge in [0.25, 0.3) is 0 Å². The van der Waals surface area contributed by atoms with Gasteiger partial charge in [0.2, 0.25) is 0 Å². The second-order valence-electron chi connectivity index (χ2n) is 0.487. The van der Waals surface area contributed by atoms with Crippen LogP contribution in [0.25, 0.3) is 0 Å². The van der Waals surface area contributed by atoms with Gasteiger partial charge in [0.05, 0.1) is 0 Å². The molecular weight excluding hydrogens is 90.0 g/mol. The number of hydrogen-bond donors (Lipinski definition) is 0. The molecule has 0 radical (unpaired) electrons. The van der Waals surface area contributed by atoms with Crippen molar-refractivity contribution < 1.29 is 8.87 Å². The minimum atomic E-state index is -1.64. The highest BCUT2D eigenvalue weighted by Crippen LogP contribution is 1.75. The van der Waals surface area contributed by atoms with E-state index in [9.17, 15) is 8.87 Å². The van der Waals surface area contributed by atoms with Gasteiger partial charge in [-0.15, -0.1) is 0 Å². The summed E-state index contributed by atoms with van der Waals surface area (Å²) in [7, 11) is 0. The summed E-state index contributed by atoms with van der Waals surface area (Å²) in [6, 6.07) is 0.823. The van der Waals surface area contributed by atoms with Gasteiger partial charge in [0.1, 0.15) is 0 Å². The van der Waals surface area contributed by atoms with Crippen molar-refractivity contribution in [1.29, 1.82) is 5.26 Å². The van der Waals surface area contributed by atoms with E-state index in [4.69, 9.17) is 5.26 Å². The third kappa shape index (κ3) is 1.35. The maximum Gasteiger partial charge on any atom is 0.319 e. The van der Waals surface area contributed by atoms with Gasteiger partial charge in [-0.2, -0.15) is 9.65 Å². The summed E-state index contributed by atoms with van der Waals surface area (Å²) in [5.41, 5.74) is 0. The molecule has 0 aromatic carbocycles. The Labute approximate surface area is 32.7 Å². The van der Waals surface area contributed by atoms with Crippen LogP contribution in [-0.4, -0.2) is 5.97 Å². The molecule has 0 fully saturated rings. The molecule has 0 aliphatic rings.